The Kier molecular flexibility index (Phi) is 12.2. The number of hydrogen-bond donors (Lipinski definition) is 0. The van der Waals surface area contributed by atoms with Crippen LogP contribution in [0.25, 0.3) is 32.3 Å². The fourth-order valence-electron chi connectivity index (χ4n) is 4.37. The molecule has 0 spiro atoms. The van der Waals surface area contributed by atoms with Crippen LogP contribution in [0.15, 0.2) is 0 Å². The Hall–Kier alpha value is -5.52. The molecule has 0 aliphatic rings. The number of halogens is 24. The Morgan fingerprint density at radius 2 is 0.164 bits per heavy atom. The normalized spacial score (nSPS) is 11.1. The van der Waals surface area contributed by atoms with Gasteiger partial charge in [-0.1, -0.05) is 0 Å². The van der Waals surface area contributed by atoms with Crippen molar-refractivity contribution in [2.45, 2.75) is 0 Å². The van der Waals surface area contributed by atoms with Crippen LogP contribution in [0.4, 0.5) is 105 Å². The molecule has 0 bridgehead atoms. The highest BCUT2D eigenvalue weighted by atomic mass is 19.2. The summed E-state index contributed by atoms with van der Waals surface area (Å²) in [4.78, 5) is 0. The highest BCUT2D eigenvalue weighted by Crippen LogP contribution is 2.36. The van der Waals surface area contributed by atoms with E-state index in [0.717, 1.165) is 0 Å². The summed E-state index contributed by atoms with van der Waals surface area (Å²) in [6, 6.07) is 0. The van der Waals surface area contributed by atoms with E-state index in [1.807, 2.05) is 0 Å². The van der Waals surface area contributed by atoms with Crippen LogP contribution in [0, 0.1) is 140 Å². The quantitative estimate of drug-likeness (QED) is 0.0619. The van der Waals surface area contributed by atoms with Gasteiger partial charge < -0.3 is 0 Å². The first-order valence-electron chi connectivity index (χ1n) is 12.8. The zero-order valence-electron chi connectivity index (χ0n) is 24.6. The van der Waals surface area contributed by atoms with Crippen LogP contribution in [0.3, 0.4) is 0 Å². The first kappa shape index (κ1) is 43.9. The second-order valence-corrected chi connectivity index (χ2v) is 9.79. The Balaban J connectivity index is 0.000000220. The van der Waals surface area contributed by atoms with Crippen LogP contribution in [0.2, 0.25) is 0 Å². The molecule has 0 nitrogen and oxygen atoms in total. The van der Waals surface area contributed by atoms with Gasteiger partial charge in [0, 0.05) is 8.41 Å². The molecule has 0 saturated heterocycles. The minimum atomic E-state index is -2.45. The van der Waals surface area contributed by atoms with Gasteiger partial charge in [-0.2, -0.15) is 0 Å². The molecule has 55 heavy (non-hydrogen) atoms. The van der Waals surface area contributed by atoms with Crippen LogP contribution in [0.1, 0.15) is 0 Å². The molecule has 6 aromatic carbocycles. The maximum absolute atomic E-state index is 13.1. The maximum Gasteiger partial charge on any atom is 0.198 e. The lowest BCUT2D eigenvalue weighted by atomic mass is 10.1. The van der Waals surface area contributed by atoms with Gasteiger partial charge in [0.2, 0.25) is 0 Å². The van der Waals surface area contributed by atoms with E-state index >= 15 is 0 Å². The Bertz CT molecular complexity index is 1980. The van der Waals surface area contributed by atoms with Crippen molar-refractivity contribution >= 4 is 40.7 Å². The third kappa shape index (κ3) is 6.55. The van der Waals surface area contributed by atoms with Gasteiger partial charge in [0.25, 0.3) is 0 Å². The van der Waals surface area contributed by atoms with Crippen molar-refractivity contribution in [2.75, 3.05) is 0 Å². The summed E-state index contributed by atoms with van der Waals surface area (Å²) in [7, 11) is 0. The van der Waals surface area contributed by atoms with Gasteiger partial charge in [0.1, 0.15) is 0 Å². The zero-order valence-corrected chi connectivity index (χ0v) is 24.6. The first-order valence-corrected chi connectivity index (χ1v) is 12.8. The summed E-state index contributed by atoms with van der Waals surface area (Å²) in [5, 5.41) is -11.0. The molecule has 25 heteroatoms. The van der Waals surface area contributed by atoms with E-state index in [4.69, 9.17) is 0 Å². The van der Waals surface area contributed by atoms with Crippen LogP contribution in [-0.2, 0) is 0 Å². The molecule has 0 aliphatic heterocycles. The fraction of sp³-hybridized carbons (Fsp3) is 0. The van der Waals surface area contributed by atoms with Crippen molar-refractivity contribution in [3.8, 4) is 0 Å². The highest BCUT2D eigenvalue weighted by Gasteiger charge is 2.33. The van der Waals surface area contributed by atoms with E-state index in [-0.39, 0.29) is 8.41 Å². The third-order valence-electron chi connectivity index (χ3n) is 6.85. The monoisotopic (exact) mass is 827 g/mol. The smallest absolute Gasteiger partial charge is 0.198 e. The van der Waals surface area contributed by atoms with E-state index in [2.05, 4.69) is 0 Å². The summed E-state index contributed by atoms with van der Waals surface area (Å²) < 4.78 is 311. The van der Waals surface area contributed by atoms with E-state index in [1.165, 1.54) is 0 Å². The number of fused-ring (bicyclic) bond motifs is 3. The maximum atomic E-state index is 13.1. The molecule has 3 radical (unpaired) electrons. The van der Waals surface area contributed by atoms with E-state index in [0.29, 0.717) is 0 Å². The van der Waals surface area contributed by atoms with Crippen LogP contribution in [-0.4, -0.2) is 8.41 Å². The lowest BCUT2D eigenvalue weighted by Crippen LogP contribution is -2.06. The second kappa shape index (κ2) is 15.3. The van der Waals surface area contributed by atoms with Gasteiger partial charge in [-0.15, -0.1) is 0 Å². The van der Waals surface area contributed by atoms with Gasteiger partial charge in [0.05, 0.1) is 32.3 Å². The molecule has 0 amide bonds. The van der Waals surface area contributed by atoms with Gasteiger partial charge in [-0.3, -0.25) is 0 Å². The van der Waals surface area contributed by atoms with Gasteiger partial charge in [0.15, 0.2) is 140 Å². The number of benzene rings is 6. The largest absolute Gasteiger partial charge is 0.203 e. The topological polar surface area (TPSA) is 0 Å². The predicted octanol–water partition coefficient (Wildman–Crippen LogP) is 11.5. The van der Waals surface area contributed by atoms with Gasteiger partial charge >= 0.3 is 0 Å². The molecule has 0 aliphatic carbocycles. The van der Waals surface area contributed by atoms with Crippen molar-refractivity contribution in [2.24, 2.45) is 0 Å². The molecule has 0 N–H and O–H groups in total. The SMILES string of the molecule is Fc1c(F)c(F)c2c(F)c(F)c(F)c(F)c2c1F.Fc1c(F)c(F)c2c(F)c(F)c(F)c(F)c2c1F.Fc1c(F)c(F)c2c(F)c(F)c(F)c(F)c2c1F.[B]. The lowest BCUT2D eigenvalue weighted by Gasteiger charge is -2.08. The van der Waals surface area contributed by atoms with Crippen molar-refractivity contribution in [1.29, 1.82) is 0 Å². The fourth-order valence-corrected chi connectivity index (χ4v) is 4.37. The van der Waals surface area contributed by atoms with E-state index in [1.54, 1.807) is 0 Å². The van der Waals surface area contributed by atoms with Crippen molar-refractivity contribution in [3.05, 3.63) is 140 Å². The molecule has 6 rings (SSSR count). The summed E-state index contributed by atoms with van der Waals surface area (Å²) in [6.45, 7) is 0. The van der Waals surface area contributed by atoms with E-state index < -0.39 is 172 Å². The summed E-state index contributed by atoms with van der Waals surface area (Å²) in [5.74, 6) is -57.6. The average Bonchev–Trinajstić information content (AvgIpc) is 3.14. The molecule has 0 unspecified atom stereocenters. The van der Waals surface area contributed by atoms with Crippen LogP contribution < -0.4 is 0 Å². The summed E-state index contributed by atoms with van der Waals surface area (Å²) >= 11 is 0. The minimum absolute atomic E-state index is 0. The van der Waals surface area contributed by atoms with Crippen molar-refractivity contribution in [1.82, 2.24) is 0 Å². The Morgan fingerprint density at radius 3 is 0.218 bits per heavy atom. The highest BCUT2D eigenvalue weighted by molar-refractivity contribution is 5.87. The van der Waals surface area contributed by atoms with Gasteiger partial charge in [-0.05, 0) is 0 Å². The Morgan fingerprint density at radius 1 is 0.109 bits per heavy atom. The van der Waals surface area contributed by atoms with Gasteiger partial charge in [-0.25, -0.2) is 105 Å². The van der Waals surface area contributed by atoms with Crippen LogP contribution >= 0.6 is 0 Å². The summed E-state index contributed by atoms with van der Waals surface area (Å²) in [5.41, 5.74) is 0. The minimum Gasteiger partial charge on any atom is -0.203 e. The molecule has 0 fully saturated rings. The summed E-state index contributed by atoms with van der Waals surface area (Å²) in [6.07, 6.45) is 0. The lowest BCUT2D eigenvalue weighted by molar-refractivity contribution is 0.395. The molecule has 0 saturated carbocycles. The standard InChI is InChI=1S/3C10F8.B/c3*11-3-1-2(5(13)9(17)7(3)15)6(14)10(18)8(16)4(1)12;. The third-order valence-corrected chi connectivity index (χ3v) is 6.85. The second-order valence-electron chi connectivity index (χ2n) is 9.79. The molecule has 0 aromatic heterocycles. The molecular formula is C30BF24. The van der Waals surface area contributed by atoms with Crippen molar-refractivity contribution in [3.63, 3.8) is 0 Å². The average molecular weight is 827 g/mol. The predicted molar refractivity (Wildman–Crippen MR) is 137 cm³/mol. The molecule has 0 heterocycles. The first-order chi connectivity index (χ1) is 24.9. The van der Waals surface area contributed by atoms with E-state index in [9.17, 15) is 105 Å². The molecule has 291 valence electrons. The Labute approximate surface area is 286 Å². The zero-order chi connectivity index (χ0) is 41.3. The van der Waals surface area contributed by atoms with Crippen molar-refractivity contribution < 1.29 is 105 Å². The molecule has 0 atom stereocenters. The molecule has 6 aromatic rings. The molecular weight excluding hydrogens is 827 g/mol. The number of rotatable bonds is 0. The number of hydrogen-bond acceptors (Lipinski definition) is 0. The van der Waals surface area contributed by atoms with Crippen LogP contribution in [0.5, 0.6) is 0 Å².